The molecule has 1 aromatic carbocycles. The molecule has 0 N–H and O–H groups in total. The lowest BCUT2D eigenvalue weighted by Gasteiger charge is -1.96. The van der Waals surface area contributed by atoms with E-state index >= 15 is 0 Å². The summed E-state index contributed by atoms with van der Waals surface area (Å²) in [4.78, 5) is 8.95. The van der Waals surface area contributed by atoms with Crippen molar-refractivity contribution in [3.8, 4) is 29.2 Å². The van der Waals surface area contributed by atoms with Crippen LogP contribution in [0.5, 0.6) is 0 Å². The Kier molecular flexibility index (Phi) is 3.72. The van der Waals surface area contributed by atoms with Gasteiger partial charge in [0, 0.05) is 24.5 Å². The van der Waals surface area contributed by atoms with Crippen molar-refractivity contribution in [3.05, 3.63) is 71.6 Å². The van der Waals surface area contributed by atoms with Crippen molar-refractivity contribution in [2.45, 2.75) is 6.92 Å². The molecule has 4 aromatic rings. The number of nitriles is 1. The smallest absolute Gasteiger partial charge is 0.226 e. The summed E-state index contributed by atoms with van der Waals surface area (Å²) in [5.74, 6) is 6.95. The third-order valence-corrected chi connectivity index (χ3v) is 4.03. The minimum absolute atomic E-state index is 0.361. The van der Waals surface area contributed by atoms with Crippen LogP contribution < -0.4 is 0 Å². The fourth-order valence-electron chi connectivity index (χ4n) is 2.66. The normalized spacial score (nSPS) is 10.3. The van der Waals surface area contributed by atoms with E-state index in [0.29, 0.717) is 22.9 Å². The van der Waals surface area contributed by atoms with Crippen molar-refractivity contribution in [2.24, 2.45) is 7.05 Å². The van der Waals surface area contributed by atoms with Gasteiger partial charge in [-0.3, -0.25) is 0 Å². The predicted molar refractivity (Wildman–Crippen MR) is 97.1 cm³/mol. The monoisotopic (exact) mass is 338 g/mol. The molecule has 0 bridgehead atoms. The number of nitrogens with zero attached hydrogens (tertiary/aromatic N) is 6. The van der Waals surface area contributed by atoms with Crippen molar-refractivity contribution in [3.63, 3.8) is 0 Å². The van der Waals surface area contributed by atoms with Gasteiger partial charge in [-0.1, -0.05) is 30.3 Å². The molecule has 0 saturated heterocycles. The van der Waals surface area contributed by atoms with Crippen molar-refractivity contribution >= 4 is 5.65 Å². The van der Waals surface area contributed by atoms with Gasteiger partial charge in [0.25, 0.3) is 0 Å². The van der Waals surface area contributed by atoms with Crippen LogP contribution in [0.3, 0.4) is 0 Å². The summed E-state index contributed by atoms with van der Waals surface area (Å²) in [6.07, 6.45) is 1.94. The number of hydrogen-bond donors (Lipinski definition) is 0. The highest BCUT2D eigenvalue weighted by Gasteiger charge is 2.09. The number of imidazole rings is 1. The zero-order valence-corrected chi connectivity index (χ0v) is 14.3. The first-order chi connectivity index (χ1) is 12.7. The predicted octanol–water partition coefficient (Wildman–Crippen LogP) is 2.71. The van der Waals surface area contributed by atoms with Crippen LogP contribution in [0.2, 0.25) is 0 Å². The molecule has 6 nitrogen and oxygen atoms in total. The highest BCUT2D eigenvalue weighted by atomic mass is 15.3. The average Bonchev–Trinajstić information content (AvgIpc) is 3.25. The second-order valence-electron chi connectivity index (χ2n) is 5.85. The first-order valence-electron chi connectivity index (χ1n) is 8.03. The number of aromatic nitrogens is 5. The Morgan fingerprint density at radius 3 is 2.58 bits per heavy atom. The molecular weight excluding hydrogens is 324 g/mol. The summed E-state index contributed by atoms with van der Waals surface area (Å²) in [7, 11) is 1.90. The molecule has 0 radical (unpaired) electrons. The quantitative estimate of drug-likeness (QED) is 0.500. The first-order valence-corrected chi connectivity index (χ1v) is 8.03. The lowest BCUT2D eigenvalue weighted by atomic mass is 10.2. The molecule has 0 unspecified atom stereocenters. The lowest BCUT2D eigenvalue weighted by Crippen LogP contribution is -1.95. The molecule has 0 atom stereocenters. The van der Waals surface area contributed by atoms with E-state index in [2.05, 4.69) is 33.0 Å². The maximum Gasteiger partial charge on any atom is 0.226 e. The van der Waals surface area contributed by atoms with E-state index in [1.54, 1.807) is 10.6 Å². The molecule has 6 heteroatoms. The fourth-order valence-corrected chi connectivity index (χ4v) is 2.66. The number of aryl methyl sites for hydroxylation is 2. The van der Waals surface area contributed by atoms with Gasteiger partial charge in [0.15, 0.2) is 11.5 Å². The highest BCUT2D eigenvalue weighted by molar-refractivity contribution is 5.59. The summed E-state index contributed by atoms with van der Waals surface area (Å²) in [6, 6.07) is 15.6. The number of hydrogen-bond acceptors (Lipinski definition) is 4. The minimum atomic E-state index is 0.361. The van der Waals surface area contributed by atoms with Gasteiger partial charge in [0.1, 0.15) is 6.07 Å². The van der Waals surface area contributed by atoms with Crippen LogP contribution in [0, 0.1) is 30.1 Å². The summed E-state index contributed by atoms with van der Waals surface area (Å²) in [6.45, 7) is 1.91. The molecule has 0 fully saturated rings. The van der Waals surface area contributed by atoms with Gasteiger partial charge in [-0.2, -0.15) is 10.2 Å². The molecule has 124 valence electrons. The Hall–Kier alpha value is -3.90. The van der Waals surface area contributed by atoms with Gasteiger partial charge in [-0.25, -0.2) is 9.50 Å². The fraction of sp³-hybridized carbons (Fsp3) is 0.100. The largest absolute Gasteiger partial charge is 0.327 e. The molecule has 0 aliphatic carbocycles. The average molecular weight is 338 g/mol. The second kappa shape index (κ2) is 6.19. The topological polar surface area (TPSA) is 71.8 Å². The third kappa shape index (κ3) is 2.70. The molecular formula is C20H14N6. The van der Waals surface area contributed by atoms with E-state index in [1.807, 2.05) is 61.1 Å². The number of pyridine rings is 1. The van der Waals surface area contributed by atoms with Gasteiger partial charge < -0.3 is 4.57 Å². The second-order valence-corrected chi connectivity index (χ2v) is 5.85. The van der Waals surface area contributed by atoms with Gasteiger partial charge in [-0.15, -0.1) is 5.10 Å². The van der Waals surface area contributed by atoms with Gasteiger partial charge in [0.2, 0.25) is 5.82 Å². The molecule has 0 spiro atoms. The van der Waals surface area contributed by atoms with Crippen LogP contribution in [-0.4, -0.2) is 24.1 Å². The van der Waals surface area contributed by atoms with Gasteiger partial charge in [0.05, 0.1) is 11.3 Å². The SMILES string of the molecule is Cc1ccc(C#N)c2nc(C#Cc3nc(-c4ccccc4)cn3C)nn12. The maximum atomic E-state index is 9.21. The molecule has 3 aromatic heterocycles. The zero-order chi connectivity index (χ0) is 18.1. The minimum Gasteiger partial charge on any atom is -0.327 e. The summed E-state index contributed by atoms with van der Waals surface area (Å²) >= 11 is 0. The molecule has 0 amide bonds. The van der Waals surface area contributed by atoms with Crippen LogP contribution in [0.25, 0.3) is 16.9 Å². The summed E-state index contributed by atoms with van der Waals surface area (Å²) < 4.78 is 3.51. The van der Waals surface area contributed by atoms with E-state index in [4.69, 9.17) is 0 Å². The number of benzene rings is 1. The van der Waals surface area contributed by atoms with Crippen LogP contribution in [0.15, 0.2) is 48.7 Å². The third-order valence-electron chi connectivity index (χ3n) is 4.03. The standard InChI is InChI=1S/C20H14N6/c1-14-8-9-16(12-21)20-23-18(24-26(14)20)10-11-19-22-17(13-25(19)2)15-6-4-3-5-7-15/h3-9,13H,1-2H3. The van der Waals surface area contributed by atoms with Crippen LogP contribution in [0.4, 0.5) is 0 Å². The van der Waals surface area contributed by atoms with Crippen molar-refractivity contribution < 1.29 is 0 Å². The molecule has 0 aliphatic rings. The van der Waals surface area contributed by atoms with Crippen LogP contribution in [-0.2, 0) is 7.05 Å². The lowest BCUT2D eigenvalue weighted by molar-refractivity contribution is 0.892. The maximum absolute atomic E-state index is 9.21. The summed E-state index contributed by atoms with van der Waals surface area (Å²) in [5, 5.41) is 13.6. The van der Waals surface area contributed by atoms with Gasteiger partial charge in [-0.05, 0) is 30.9 Å². The van der Waals surface area contributed by atoms with E-state index in [1.165, 1.54) is 0 Å². The number of fused-ring (bicyclic) bond motifs is 1. The van der Waals surface area contributed by atoms with Crippen LogP contribution >= 0.6 is 0 Å². The van der Waals surface area contributed by atoms with E-state index in [9.17, 15) is 5.26 Å². The van der Waals surface area contributed by atoms with Crippen molar-refractivity contribution in [1.29, 1.82) is 5.26 Å². The molecule has 4 rings (SSSR count). The Balaban J connectivity index is 1.73. The van der Waals surface area contributed by atoms with Gasteiger partial charge >= 0.3 is 0 Å². The van der Waals surface area contributed by atoms with Crippen molar-refractivity contribution in [2.75, 3.05) is 0 Å². The first kappa shape index (κ1) is 15.6. The Morgan fingerprint density at radius 2 is 1.81 bits per heavy atom. The number of rotatable bonds is 1. The van der Waals surface area contributed by atoms with E-state index in [0.717, 1.165) is 17.0 Å². The summed E-state index contributed by atoms with van der Waals surface area (Å²) in [5.41, 5.74) is 3.78. The van der Waals surface area contributed by atoms with E-state index in [-0.39, 0.29) is 0 Å². The molecule has 26 heavy (non-hydrogen) atoms. The van der Waals surface area contributed by atoms with Crippen molar-refractivity contribution in [1.82, 2.24) is 24.1 Å². The molecule has 0 saturated carbocycles. The highest BCUT2D eigenvalue weighted by Crippen LogP contribution is 2.17. The Labute approximate surface area is 150 Å². The van der Waals surface area contributed by atoms with Crippen LogP contribution in [0.1, 0.15) is 22.9 Å². The molecule has 3 heterocycles. The Morgan fingerprint density at radius 1 is 1.00 bits per heavy atom. The molecule has 0 aliphatic heterocycles. The zero-order valence-electron chi connectivity index (χ0n) is 14.3. The van der Waals surface area contributed by atoms with E-state index < -0.39 is 0 Å². The Bertz CT molecular complexity index is 1210.